The number of hydrogen-bond donors (Lipinski definition) is 2. The number of nitrogens with zero attached hydrogens (tertiary/aromatic N) is 1. The smallest absolute Gasteiger partial charge is 0.271 e. The number of carbonyl (C=O) groups excluding carboxylic acids is 2. The summed E-state index contributed by atoms with van der Waals surface area (Å²) in [6.07, 6.45) is 1.52. The van der Waals surface area contributed by atoms with Crippen molar-refractivity contribution in [2.75, 3.05) is 12.4 Å². The number of amides is 2. The second-order valence-corrected chi connectivity index (χ2v) is 7.80. The summed E-state index contributed by atoms with van der Waals surface area (Å²) in [5, 5.41) is 8.99. The molecule has 0 saturated heterocycles. The summed E-state index contributed by atoms with van der Waals surface area (Å²) in [6.45, 7) is 1.81. The number of ether oxygens (including phenoxy) is 2. The van der Waals surface area contributed by atoms with E-state index < -0.39 is 5.91 Å². The standard InChI is InChI=1S/C28H25N3O4/c1-19(32)30-24-11-6-9-22(16-24)28(33)31-29-17-20-13-14-26(27(15-20)34-2)35-18-23-10-5-8-21-7-3-4-12-25(21)23/h3-17H,18H2,1-2H3,(H,30,32)(H,31,33). The van der Waals surface area contributed by atoms with E-state index in [2.05, 4.69) is 34.0 Å². The highest BCUT2D eigenvalue weighted by Crippen LogP contribution is 2.29. The second-order valence-electron chi connectivity index (χ2n) is 7.80. The van der Waals surface area contributed by atoms with Crippen molar-refractivity contribution in [1.29, 1.82) is 0 Å². The number of anilines is 1. The number of hydrogen-bond acceptors (Lipinski definition) is 5. The molecule has 0 spiro atoms. The van der Waals surface area contributed by atoms with Gasteiger partial charge in [-0.15, -0.1) is 0 Å². The van der Waals surface area contributed by atoms with Crippen molar-refractivity contribution in [2.45, 2.75) is 13.5 Å². The van der Waals surface area contributed by atoms with E-state index in [9.17, 15) is 9.59 Å². The van der Waals surface area contributed by atoms with E-state index >= 15 is 0 Å². The molecular weight excluding hydrogens is 442 g/mol. The third-order valence-corrected chi connectivity index (χ3v) is 5.28. The van der Waals surface area contributed by atoms with Crippen LogP contribution in [0.2, 0.25) is 0 Å². The van der Waals surface area contributed by atoms with Crippen LogP contribution in [0.4, 0.5) is 5.69 Å². The Balaban J connectivity index is 1.41. The molecule has 0 aliphatic rings. The summed E-state index contributed by atoms with van der Waals surface area (Å²) in [5.74, 6) is 0.564. The van der Waals surface area contributed by atoms with Crippen molar-refractivity contribution in [3.05, 3.63) is 102 Å². The molecule has 0 fully saturated rings. The Morgan fingerprint density at radius 3 is 2.54 bits per heavy atom. The Labute approximate surface area is 203 Å². The minimum absolute atomic E-state index is 0.209. The average Bonchev–Trinajstić information content (AvgIpc) is 2.87. The first-order valence-corrected chi connectivity index (χ1v) is 11.0. The van der Waals surface area contributed by atoms with E-state index in [1.165, 1.54) is 13.1 Å². The molecule has 4 aromatic carbocycles. The minimum atomic E-state index is -0.393. The van der Waals surface area contributed by atoms with Crippen LogP contribution in [-0.4, -0.2) is 25.1 Å². The van der Waals surface area contributed by atoms with Crippen LogP contribution >= 0.6 is 0 Å². The Morgan fingerprint density at radius 2 is 1.71 bits per heavy atom. The Bertz CT molecular complexity index is 1390. The van der Waals surface area contributed by atoms with Crippen molar-refractivity contribution < 1.29 is 19.1 Å². The second kappa shape index (κ2) is 11.0. The number of benzene rings is 4. The number of hydrazone groups is 1. The maximum Gasteiger partial charge on any atom is 0.271 e. The van der Waals surface area contributed by atoms with Gasteiger partial charge in [-0.2, -0.15) is 5.10 Å². The highest BCUT2D eigenvalue weighted by molar-refractivity contribution is 5.97. The van der Waals surface area contributed by atoms with Gasteiger partial charge in [0.1, 0.15) is 6.61 Å². The van der Waals surface area contributed by atoms with Crippen LogP contribution in [0.1, 0.15) is 28.4 Å². The lowest BCUT2D eigenvalue weighted by atomic mass is 10.1. The van der Waals surface area contributed by atoms with Crippen LogP contribution in [0.15, 0.2) is 90.0 Å². The molecule has 0 aromatic heterocycles. The van der Waals surface area contributed by atoms with Crippen LogP contribution in [0.3, 0.4) is 0 Å². The van der Waals surface area contributed by atoms with Crippen LogP contribution in [0, 0.1) is 0 Å². The van der Waals surface area contributed by atoms with Gasteiger partial charge in [-0.25, -0.2) is 5.43 Å². The van der Waals surface area contributed by atoms with Gasteiger partial charge in [0.05, 0.1) is 13.3 Å². The normalized spacial score (nSPS) is 10.8. The van der Waals surface area contributed by atoms with Crippen molar-refractivity contribution in [3.63, 3.8) is 0 Å². The molecule has 4 rings (SSSR count). The molecule has 0 saturated carbocycles. The third kappa shape index (κ3) is 6.03. The van der Waals surface area contributed by atoms with Gasteiger partial charge in [-0.05, 0) is 58.3 Å². The summed E-state index contributed by atoms with van der Waals surface area (Å²) in [6, 6.07) is 26.4. The first-order chi connectivity index (χ1) is 17.0. The number of rotatable bonds is 8. The monoisotopic (exact) mass is 467 g/mol. The molecular formula is C28H25N3O4. The first kappa shape index (κ1) is 23.5. The fourth-order valence-corrected chi connectivity index (χ4v) is 3.63. The predicted molar refractivity (Wildman–Crippen MR) is 137 cm³/mol. The summed E-state index contributed by atoms with van der Waals surface area (Å²) in [5.41, 5.74) is 5.22. The van der Waals surface area contributed by atoms with Gasteiger partial charge >= 0.3 is 0 Å². The Kier molecular flexibility index (Phi) is 7.37. The largest absolute Gasteiger partial charge is 0.493 e. The molecule has 0 aliphatic carbocycles. The van der Waals surface area contributed by atoms with Crippen LogP contribution in [0.5, 0.6) is 11.5 Å². The molecule has 0 heterocycles. The maximum atomic E-state index is 12.4. The van der Waals surface area contributed by atoms with Gasteiger partial charge in [-0.3, -0.25) is 9.59 Å². The van der Waals surface area contributed by atoms with Crippen LogP contribution < -0.4 is 20.2 Å². The third-order valence-electron chi connectivity index (χ3n) is 5.28. The molecule has 2 amide bonds. The van der Waals surface area contributed by atoms with Gasteiger partial charge in [0.2, 0.25) is 5.91 Å². The van der Waals surface area contributed by atoms with Crippen molar-refractivity contribution in [3.8, 4) is 11.5 Å². The zero-order chi connectivity index (χ0) is 24.6. The molecule has 7 heteroatoms. The van der Waals surface area contributed by atoms with Gasteiger partial charge < -0.3 is 14.8 Å². The quantitative estimate of drug-likeness (QED) is 0.277. The lowest BCUT2D eigenvalue weighted by molar-refractivity contribution is -0.114. The number of carbonyl (C=O) groups is 2. The zero-order valence-electron chi connectivity index (χ0n) is 19.4. The number of methoxy groups -OCH3 is 1. The van der Waals surface area contributed by atoms with E-state index in [-0.39, 0.29) is 5.91 Å². The molecule has 0 bridgehead atoms. The number of nitrogens with one attached hydrogen (secondary N) is 2. The van der Waals surface area contributed by atoms with Gasteiger partial charge in [0, 0.05) is 18.2 Å². The zero-order valence-corrected chi connectivity index (χ0v) is 19.4. The lowest BCUT2D eigenvalue weighted by Gasteiger charge is -2.12. The van der Waals surface area contributed by atoms with Crippen LogP contribution in [-0.2, 0) is 11.4 Å². The summed E-state index contributed by atoms with van der Waals surface area (Å²) in [4.78, 5) is 23.6. The molecule has 7 nitrogen and oxygen atoms in total. The van der Waals surface area contributed by atoms with E-state index in [0.717, 1.165) is 21.9 Å². The van der Waals surface area contributed by atoms with E-state index in [4.69, 9.17) is 9.47 Å². The van der Waals surface area contributed by atoms with E-state index in [0.29, 0.717) is 29.4 Å². The molecule has 0 aliphatic heterocycles. The summed E-state index contributed by atoms with van der Waals surface area (Å²) >= 11 is 0. The van der Waals surface area contributed by atoms with Crippen LogP contribution in [0.25, 0.3) is 10.8 Å². The summed E-state index contributed by atoms with van der Waals surface area (Å²) in [7, 11) is 1.57. The fourth-order valence-electron chi connectivity index (χ4n) is 3.63. The Hall–Kier alpha value is -4.65. The topological polar surface area (TPSA) is 89.0 Å². The summed E-state index contributed by atoms with van der Waals surface area (Å²) < 4.78 is 11.5. The first-order valence-electron chi connectivity index (χ1n) is 11.0. The van der Waals surface area contributed by atoms with Gasteiger partial charge in [0.25, 0.3) is 5.91 Å². The van der Waals surface area contributed by atoms with Crippen molar-refractivity contribution >= 4 is 34.5 Å². The molecule has 0 unspecified atom stereocenters. The molecule has 176 valence electrons. The SMILES string of the molecule is COc1cc(C=NNC(=O)c2cccc(NC(C)=O)c2)ccc1OCc1cccc2ccccc12. The molecule has 0 atom stereocenters. The van der Waals surface area contributed by atoms with E-state index in [1.807, 2.05) is 36.4 Å². The number of fused-ring (bicyclic) bond motifs is 1. The lowest BCUT2D eigenvalue weighted by Crippen LogP contribution is -2.18. The fraction of sp³-hybridized carbons (Fsp3) is 0.107. The maximum absolute atomic E-state index is 12.4. The molecule has 0 radical (unpaired) electrons. The predicted octanol–water partition coefficient (Wildman–Crippen LogP) is 5.15. The Morgan fingerprint density at radius 1 is 0.914 bits per heavy atom. The highest BCUT2D eigenvalue weighted by Gasteiger charge is 2.08. The molecule has 4 aromatic rings. The van der Waals surface area contributed by atoms with E-state index in [1.54, 1.807) is 37.4 Å². The van der Waals surface area contributed by atoms with Gasteiger partial charge in [0.15, 0.2) is 11.5 Å². The highest BCUT2D eigenvalue weighted by atomic mass is 16.5. The minimum Gasteiger partial charge on any atom is -0.493 e. The molecule has 35 heavy (non-hydrogen) atoms. The van der Waals surface area contributed by atoms with Crippen molar-refractivity contribution in [2.24, 2.45) is 5.10 Å². The average molecular weight is 468 g/mol. The van der Waals surface area contributed by atoms with Crippen molar-refractivity contribution in [1.82, 2.24) is 5.43 Å². The van der Waals surface area contributed by atoms with Gasteiger partial charge in [-0.1, -0.05) is 48.5 Å². The molecule has 2 N–H and O–H groups in total.